The van der Waals surface area contributed by atoms with Crippen LogP contribution < -0.4 is 0 Å². The molecule has 4 nitrogen and oxygen atoms in total. The van der Waals surface area contributed by atoms with Gasteiger partial charge in [-0.1, -0.05) is 30.3 Å². The molecule has 2 heterocycles. The molecule has 0 atom stereocenters. The summed E-state index contributed by atoms with van der Waals surface area (Å²) in [5.41, 5.74) is 2.06. The average Bonchev–Trinajstić information content (AvgIpc) is 2.67. The van der Waals surface area contributed by atoms with Crippen LogP contribution in [0.1, 0.15) is 5.69 Å². The maximum absolute atomic E-state index is 14.5. The third-order valence-electron chi connectivity index (χ3n) is 2.91. The Morgan fingerprint density at radius 2 is 1.83 bits per heavy atom. The number of hydrogen-bond donors (Lipinski definition) is 0. The maximum Gasteiger partial charge on any atom is 0.183 e. The largest absolute Gasteiger partial charge is 0.249 e. The van der Waals surface area contributed by atoms with Gasteiger partial charge in [-0.2, -0.15) is 5.10 Å². The van der Waals surface area contributed by atoms with Crippen molar-refractivity contribution in [3.05, 3.63) is 41.8 Å². The Hall–Kier alpha value is -2.30. The van der Waals surface area contributed by atoms with Gasteiger partial charge in [-0.25, -0.2) is 9.07 Å². The van der Waals surface area contributed by atoms with E-state index >= 15 is 0 Å². The lowest BCUT2D eigenvalue weighted by Crippen LogP contribution is -1.97. The zero-order chi connectivity index (χ0) is 12.7. The van der Waals surface area contributed by atoms with Crippen molar-refractivity contribution in [3.8, 4) is 11.3 Å². The highest BCUT2D eigenvalue weighted by atomic mass is 19.1. The first-order chi connectivity index (χ1) is 8.68. The summed E-state index contributed by atoms with van der Waals surface area (Å²) in [6.07, 6.45) is 0. The normalized spacial score (nSPS) is 11.1. The van der Waals surface area contributed by atoms with Gasteiger partial charge in [0, 0.05) is 12.6 Å². The molecule has 3 aromatic rings. The van der Waals surface area contributed by atoms with Crippen LogP contribution >= 0.6 is 0 Å². The van der Waals surface area contributed by atoms with Crippen LogP contribution in [0.15, 0.2) is 30.3 Å². The molecule has 3 rings (SSSR count). The minimum absolute atomic E-state index is 0.263. The molecule has 0 spiro atoms. The second-order valence-electron chi connectivity index (χ2n) is 4.14. The van der Waals surface area contributed by atoms with Crippen LogP contribution in [0, 0.1) is 12.7 Å². The van der Waals surface area contributed by atoms with Gasteiger partial charge in [0.25, 0.3) is 0 Å². The van der Waals surface area contributed by atoms with Crippen molar-refractivity contribution in [3.63, 3.8) is 0 Å². The fourth-order valence-corrected chi connectivity index (χ4v) is 2.06. The van der Waals surface area contributed by atoms with E-state index in [1.54, 1.807) is 14.0 Å². The van der Waals surface area contributed by atoms with Gasteiger partial charge in [0.2, 0.25) is 0 Å². The molecule has 0 fully saturated rings. The van der Waals surface area contributed by atoms with Gasteiger partial charge in [0.15, 0.2) is 11.5 Å². The first kappa shape index (κ1) is 10.8. The van der Waals surface area contributed by atoms with E-state index in [0.29, 0.717) is 22.3 Å². The highest BCUT2D eigenvalue weighted by molar-refractivity contribution is 5.82. The smallest absolute Gasteiger partial charge is 0.183 e. The molecular formula is C13H11FN4. The third-order valence-corrected chi connectivity index (χ3v) is 2.91. The van der Waals surface area contributed by atoms with E-state index in [-0.39, 0.29) is 11.5 Å². The fraction of sp³-hybridized carbons (Fsp3) is 0.154. The molecular weight excluding hydrogens is 231 g/mol. The molecule has 2 aromatic heterocycles. The van der Waals surface area contributed by atoms with E-state index < -0.39 is 0 Å². The second-order valence-corrected chi connectivity index (χ2v) is 4.14. The van der Waals surface area contributed by atoms with Gasteiger partial charge in [-0.3, -0.25) is 0 Å². The monoisotopic (exact) mass is 242 g/mol. The molecule has 5 heteroatoms. The zero-order valence-electron chi connectivity index (χ0n) is 10.1. The number of benzene rings is 1. The van der Waals surface area contributed by atoms with E-state index in [1.165, 1.54) is 4.68 Å². The summed E-state index contributed by atoms with van der Waals surface area (Å²) < 4.78 is 16.0. The number of halogens is 1. The lowest BCUT2D eigenvalue weighted by molar-refractivity contribution is 0.633. The van der Waals surface area contributed by atoms with Crippen molar-refractivity contribution in [2.75, 3.05) is 0 Å². The Kier molecular flexibility index (Phi) is 2.33. The molecule has 0 N–H and O–H groups in total. The predicted molar refractivity (Wildman–Crippen MR) is 66.4 cm³/mol. The molecule has 0 amide bonds. The molecule has 90 valence electrons. The highest BCUT2D eigenvalue weighted by Crippen LogP contribution is 2.26. The first-order valence-corrected chi connectivity index (χ1v) is 5.59. The van der Waals surface area contributed by atoms with Crippen molar-refractivity contribution in [1.82, 2.24) is 20.0 Å². The van der Waals surface area contributed by atoms with E-state index in [9.17, 15) is 4.39 Å². The average molecular weight is 242 g/mol. The van der Waals surface area contributed by atoms with E-state index in [1.807, 2.05) is 30.3 Å². The van der Waals surface area contributed by atoms with Crippen LogP contribution in [-0.2, 0) is 7.05 Å². The first-order valence-electron chi connectivity index (χ1n) is 5.59. The van der Waals surface area contributed by atoms with Crippen LogP contribution in [0.2, 0.25) is 0 Å². The molecule has 0 aliphatic heterocycles. The number of nitrogens with zero attached hydrogens (tertiary/aromatic N) is 4. The van der Waals surface area contributed by atoms with Crippen LogP contribution in [0.3, 0.4) is 0 Å². The number of aromatic nitrogens is 4. The predicted octanol–water partition coefficient (Wildman–Crippen LogP) is 2.48. The van der Waals surface area contributed by atoms with Crippen LogP contribution in [0.5, 0.6) is 0 Å². The lowest BCUT2D eigenvalue weighted by Gasteiger charge is -2.02. The van der Waals surface area contributed by atoms with Gasteiger partial charge in [-0.05, 0) is 6.92 Å². The van der Waals surface area contributed by atoms with Crippen molar-refractivity contribution in [1.29, 1.82) is 0 Å². The van der Waals surface area contributed by atoms with Gasteiger partial charge >= 0.3 is 0 Å². The SMILES string of the molecule is Cc1nn(C)c2nnc(-c3ccccc3)c(F)c12. The summed E-state index contributed by atoms with van der Waals surface area (Å²) in [6.45, 7) is 1.77. The van der Waals surface area contributed by atoms with E-state index in [0.717, 1.165) is 0 Å². The quantitative estimate of drug-likeness (QED) is 0.658. The number of hydrogen-bond acceptors (Lipinski definition) is 3. The summed E-state index contributed by atoms with van der Waals surface area (Å²) in [5, 5.41) is 12.6. The summed E-state index contributed by atoms with van der Waals surface area (Å²) >= 11 is 0. The number of fused-ring (bicyclic) bond motifs is 1. The Morgan fingerprint density at radius 3 is 2.56 bits per heavy atom. The summed E-state index contributed by atoms with van der Waals surface area (Å²) in [5.74, 6) is -0.364. The summed E-state index contributed by atoms with van der Waals surface area (Å²) in [6, 6.07) is 9.19. The Labute approximate surface area is 103 Å². The molecule has 0 radical (unpaired) electrons. The molecule has 0 unspecified atom stereocenters. The Bertz CT molecular complexity index is 719. The van der Waals surface area contributed by atoms with Gasteiger partial charge in [0.1, 0.15) is 5.69 Å². The molecule has 0 aliphatic carbocycles. The van der Waals surface area contributed by atoms with Crippen molar-refractivity contribution >= 4 is 11.0 Å². The standard InChI is InChI=1S/C13H11FN4/c1-8-10-11(14)12(9-6-4-3-5-7-9)15-16-13(10)18(2)17-8/h3-7H,1-2H3. The fourth-order valence-electron chi connectivity index (χ4n) is 2.06. The minimum atomic E-state index is -0.364. The maximum atomic E-state index is 14.5. The van der Waals surface area contributed by atoms with E-state index in [4.69, 9.17) is 0 Å². The van der Waals surface area contributed by atoms with Gasteiger partial charge < -0.3 is 0 Å². The Morgan fingerprint density at radius 1 is 1.11 bits per heavy atom. The lowest BCUT2D eigenvalue weighted by atomic mass is 10.1. The van der Waals surface area contributed by atoms with Crippen molar-refractivity contribution in [2.24, 2.45) is 7.05 Å². The number of aryl methyl sites for hydroxylation is 2. The molecule has 0 saturated heterocycles. The molecule has 0 saturated carbocycles. The van der Waals surface area contributed by atoms with E-state index in [2.05, 4.69) is 15.3 Å². The topological polar surface area (TPSA) is 43.6 Å². The van der Waals surface area contributed by atoms with Gasteiger partial charge in [0.05, 0.1) is 11.1 Å². The molecule has 0 aliphatic rings. The molecule has 1 aromatic carbocycles. The summed E-state index contributed by atoms with van der Waals surface area (Å²) in [4.78, 5) is 0. The molecule has 18 heavy (non-hydrogen) atoms. The van der Waals surface area contributed by atoms with Crippen LogP contribution in [0.4, 0.5) is 4.39 Å². The second kappa shape index (κ2) is 3.87. The van der Waals surface area contributed by atoms with Crippen molar-refractivity contribution in [2.45, 2.75) is 6.92 Å². The van der Waals surface area contributed by atoms with Crippen LogP contribution in [0.25, 0.3) is 22.3 Å². The zero-order valence-corrected chi connectivity index (χ0v) is 10.1. The summed E-state index contributed by atoms with van der Waals surface area (Å²) in [7, 11) is 1.73. The van der Waals surface area contributed by atoms with Crippen LogP contribution in [-0.4, -0.2) is 20.0 Å². The van der Waals surface area contributed by atoms with Gasteiger partial charge in [-0.15, -0.1) is 10.2 Å². The molecule has 0 bridgehead atoms. The Balaban J connectivity index is 2.33. The van der Waals surface area contributed by atoms with Crippen molar-refractivity contribution < 1.29 is 4.39 Å². The number of rotatable bonds is 1. The third kappa shape index (κ3) is 1.48. The highest BCUT2D eigenvalue weighted by Gasteiger charge is 2.17. The minimum Gasteiger partial charge on any atom is -0.249 e.